The largest absolute Gasteiger partial charge is 3.00 e. The molecule has 0 saturated carbocycles. The van der Waals surface area contributed by atoms with Gasteiger partial charge in [0.05, 0.1) is 33.0 Å². The van der Waals surface area contributed by atoms with Crippen molar-refractivity contribution in [1.82, 2.24) is 0 Å². The third kappa shape index (κ3) is 65.4. The first-order chi connectivity index (χ1) is 6.81. The molecule has 0 bridgehead atoms. The fourth-order valence-electron chi connectivity index (χ4n) is 0. The summed E-state index contributed by atoms with van der Waals surface area (Å²) in [5.41, 5.74) is 0. The van der Waals surface area contributed by atoms with Crippen LogP contribution in [-0.4, -0.2) is 17.4 Å². The van der Waals surface area contributed by atoms with Gasteiger partial charge in [-0.1, -0.05) is 13.6 Å². The molecule has 0 aromatic heterocycles. The quantitative estimate of drug-likeness (QED) is 0.518. The summed E-state index contributed by atoms with van der Waals surface area (Å²) in [7, 11) is -8.97. The summed E-state index contributed by atoms with van der Waals surface area (Å²) >= 11 is 0. The van der Waals surface area contributed by atoms with Crippen molar-refractivity contribution in [2.75, 3.05) is 0 Å². The zero-order valence-corrected chi connectivity index (χ0v) is 10.2. The maximum Gasteiger partial charge on any atom is 3.00 e. The third-order valence-electron chi connectivity index (χ3n) is 0.154. The number of hydrogen-bond acceptors (Lipinski definition) is 12. The van der Waals surface area contributed by atoms with Crippen LogP contribution in [0.5, 0.6) is 0 Å². The minimum Gasteiger partial charge on any atom is -0.394 e. The van der Waals surface area contributed by atoms with Gasteiger partial charge in [0.25, 0.3) is 0 Å². The van der Waals surface area contributed by atoms with E-state index in [0.29, 0.717) is 0 Å². The molecule has 0 aliphatic carbocycles. The summed E-state index contributed by atoms with van der Waals surface area (Å²) in [6.45, 7) is 0. The summed E-state index contributed by atoms with van der Waals surface area (Å²) in [5, 5.41) is 0. The Labute approximate surface area is 102 Å². The van der Waals surface area contributed by atoms with E-state index in [0.717, 1.165) is 0 Å². The van der Waals surface area contributed by atoms with Crippen molar-refractivity contribution in [1.29, 1.82) is 0 Å². The van der Waals surface area contributed by atoms with Crippen LogP contribution in [0.3, 0.4) is 0 Å². The fourth-order valence-corrected chi connectivity index (χ4v) is 0. The summed E-state index contributed by atoms with van der Waals surface area (Å²) in [6, 6.07) is 0. The molecule has 0 aliphatic rings. The monoisotopic (exact) mass is 324 g/mol. The van der Waals surface area contributed by atoms with Gasteiger partial charge in [-0.2, -0.15) is 0 Å². The third-order valence-corrected chi connectivity index (χ3v) is 0.463. The van der Waals surface area contributed by atoms with Crippen LogP contribution in [0.25, 0.3) is 0 Å². The van der Waals surface area contributed by atoms with Crippen molar-refractivity contribution in [3.8, 4) is 0 Å². The zero-order valence-electron chi connectivity index (χ0n) is 6.61. The van der Waals surface area contributed by atoms with Gasteiger partial charge >= 0.3 is 17.4 Å². The molecule has 0 fully saturated rings. The Hall–Kier alpha value is 0.0525. The van der Waals surface area contributed by atoms with E-state index in [2.05, 4.69) is 13.2 Å². The fraction of sp³-hybridized carbons (Fsp3) is 0. The Morgan fingerprint density at radius 3 is 0.625 bits per heavy atom. The molecular weight excluding hydrogens is 324 g/mol. The smallest absolute Gasteiger partial charge is 0.394 e. The van der Waals surface area contributed by atoms with Gasteiger partial charge in [-0.3, -0.25) is 0 Å². The van der Waals surface area contributed by atoms with Crippen LogP contribution in [0.15, 0.2) is 0 Å². The summed E-state index contributed by atoms with van der Waals surface area (Å²) < 4.78 is 89.1. The second-order valence-corrected chi connectivity index (χ2v) is 2.40. The van der Waals surface area contributed by atoms with Crippen LogP contribution >= 0.6 is 0 Å². The second-order valence-electron chi connectivity index (χ2n) is 0.801. The molecule has 0 atom stereocenters. The molecule has 0 N–H and O–H groups in total. The maximum atomic E-state index is 10.0. The minimum atomic E-state index is -2.99. The van der Waals surface area contributed by atoms with Crippen molar-refractivity contribution in [3.05, 3.63) is 0 Å². The number of halogens is 3. The average Bonchev–Trinajstić information content (AvgIpc) is 2.19. The predicted octanol–water partition coefficient (Wildman–Crippen LogP) is -0.0454. The molecule has 0 amide bonds. The van der Waals surface area contributed by atoms with Crippen molar-refractivity contribution in [3.63, 3.8) is 0 Å². The van der Waals surface area contributed by atoms with E-state index in [4.69, 9.17) is 25.3 Å². The molecule has 0 aromatic rings. The van der Waals surface area contributed by atoms with Gasteiger partial charge < -0.3 is 25.3 Å². The van der Waals surface area contributed by atoms with E-state index < -0.39 is 33.0 Å². The van der Waals surface area contributed by atoms with Gasteiger partial charge in [-0.15, -0.1) is 0 Å². The first-order valence-corrected chi connectivity index (χ1v) is 4.96. The van der Waals surface area contributed by atoms with Gasteiger partial charge in [-0.25, -0.2) is 13.2 Å². The van der Waals surface area contributed by atoms with E-state index in [-0.39, 0.29) is 17.4 Å². The first kappa shape index (κ1) is 25.0. The molecule has 0 spiro atoms. The van der Waals surface area contributed by atoms with E-state index in [1.54, 1.807) is 0 Å². The molecule has 0 heterocycles. The predicted molar refractivity (Wildman–Crippen MR) is 38.5 cm³/mol. The topological polar surface area (TPSA) is 130 Å². The maximum absolute atomic E-state index is 10.0. The van der Waals surface area contributed by atoms with E-state index in [9.17, 15) is 13.6 Å². The first-order valence-electron chi connectivity index (χ1n) is 1.96. The molecule has 0 radical (unpaired) electrons. The zero-order chi connectivity index (χ0) is 12.9. The van der Waals surface area contributed by atoms with Crippen molar-refractivity contribution >= 4 is 50.3 Å². The summed E-state index contributed by atoms with van der Waals surface area (Å²) in [4.78, 5) is 0. The van der Waals surface area contributed by atoms with Crippen LogP contribution in [0.2, 0.25) is 0 Å². The Morgan fingerprint density at radius 2 is 0.625 bits per heavy atom. The van der Waals surface area contributed by atoms with E-state index in [1.165, 1.54) is 0 Å². The molecular formula is AlF3O9S3. The summed E-state index contributed by atoms with van der Waals surface area (Å²) in [6.07, 6.45) is 0. The van der Waals surface area contributed by atoms with Gasteiger partial charge in [0, 0.05) is 0 Å². The Morgan fingerprint density at radius 1 is 0.562 bits per heavy atom. The molecule has 0 rings (SSSR count). The van der Waals surface area contributed by atoms with Crippen molar-refractivity contribution in [2.45, 2.75) is 0 Å². The van der Waals surface area contributed by atoms with Crippen LogP contribution in [0.4, 0.5) is 13.6 Å². The Kier molecular flexibility index (Phi) is 32.0. The number of rotatable bonds is 3. The van der Waals surface area contributed by atoms with E-state index in [1.807, 2.05) is 0 Å². The molecule has 16 heteroatoms. The van der Waals surface area contributed by atoms with Gasteiger partial charge in [0.1, 0.15) is 0 Å². The Balaban J connectivity index is -0.0000000655. The number of hydrogen-bond donors (Lipinski definition) is 0. The van der Waals surface area contributed by atoms with Crippen LogP contribution in [0.1, 0.15) is 0 Å². The molecule has 0 aliphatic heterocycles. The van der Waals surface area contributed by atoms with Gasteiger partial charge in [-0.05, 0) is 0 Å². The van der Waals surface area contributed by atoms with E-state index >= 15 is 0 Å². The average molecular weight is 324 g/mol. The molecule has 9 nitrogen and oxygen atoms in total. The molecule has 96 valence electrons. The van der Waals surface area contributed by atoms with Crippen LogP contribution in [0, 0.1) is 0 Å². The van der Waals surface area contributed by atoms with Crippen LogP contribution in [-0.2, 0) is 71.4 Å². The molecule has 16 heavy (non-hydrogen) atoms. The standard InChI is InChI=1S/Al.3FO3S/c;3*1-4-5(2)3/q+3;3*-1. The summed E-state index contributed by atoms with van der Waals surface area (Å²) in [5.74, 6) is 0. The normalized spacial score (nSPS) is 8.62. The Bertz CT molecular complexity index is 253. The minimum absolute atomic E-state index is 0. The van der Waals surface area contributed by atoms with Gasteiger partial charge in [0.2, 0.25) is 0 Å². The van der Waals surface area contributed by atoms with Gasteiger partial charge in [0.15, 0.2) is 0 Å². The SMILES string of the molecule is O=[S-](=O)OF.O=[S-](=O)OF.O=[S-](=O)OF.[Al+3]. The van der Waals surface area contributed by atoms with Crippen LogP contribution < -0.4 is 0 Å². The molecule has 0 unspecified atom stereocenters. The molecule has 0 saturated heterocycles. The van der Waals surface area contributed by atoms with Crippen molar-refractivity contribution in [2.24, 2.45) is 0 Å². The van der Waals surface area contributed by atoms with Crippen molar-refractivity contribution < 1.29 is 52.0 Å². The second kappa shape index (κ2) is 20.5. The molecule has 0 aromatic carbocycles.